The predicted molar refractivity (Wildman–Crippen MR) is 117 cm³/mol. The molecule has 0 heterocycles. The Hall–Kier alpha value is -1.96. The number of aromatic hydroxyl groups is 2. The molecule has 1 fully saturated rings. The minimum Gasteiger partial charge on any atom is -0.508 e. The van der Waals surface area contributed by atoms with Crippen LogP contribution in [0.3, 0.4) is 0 Å². The van der Waals surface area contributed by atoms with Gasteiger partial charge in [-0.15, -0.1) is 0 Å². The zero-order valence-electron chi connectivity index (χ0n) is 17.9. The maximum Gasteiger partial charge on any atom is 0.115 e. The number of phenolic OH excluding ortho intramolecular Hbond substituents is 2. The van der Waals surface area contributed by atoms with E-state index < -0.39 is 0 Å². The van der Waals surface area contributed by atoms with Crippen LogP contribution in [-0.4, -0.2) is 10.2 Å². The molecule has 2 N–H and O–H groups in total. The summed E-state index contributed by atoms with van der Waals surface area (Å²) >= 11 is 0. The van der Waals surface area contributed by atoms with Crippen molar-refractivity contribution in [3.05, 3.63) is 59.7 Å². The molecule has 1 aliphatic rings. The molecule has 1 saturated carbocycles. The van der Waals surface area contributed by atoms with E-state index >= 15 is 0 Å². The molecule has 0 amide bonds. The fraction of sp³-hybridized carbons (Fsp3) is 0.538. The van der Waals surface area contributed by atoms with E-state index in [1.807, 2.05) is 24.3 Å². The van der Waals surface area contributed by atoms with Crippen LogP contribution in [-0.2, 0) is 5.41 Å². The Morgan fingerprint density at radius 3 is 1.82 bits per heavy atom. The summed E-state index contributed by atoms with van der Waals surface area (Å²) < 4.78 is 0. The Morgan fingerprint density at radius 2 is 1.32 bits per heavy atom. The summed E-state index contributed by atoms with van der Waals surface area (Å²) in [5.74, 6) is 3.21. The molecule has 0 bridgehead atoms. The van der Waals surface area contributed by atoms with Crippen molar-refractivity contribution in [3.8, 4) is 11.5 Å². The average Bonchev–Trinajstić information content (AvgIpc) is 2.68. The van der Waals surface area contributed by atoms with Gasteiger partial charge in [0.2, 0.25) is 0 Å². The molecule has 2 atom stereocenters. The van der Waals surface area contributed by atoms with E-state index in [4.69, 9.17) is 0 Å². The van der Waals surface area contributed by atoms with Crippen LogP contribution < -0.4 is 0 Å². The largest absolute Gasteiger partial charge is 0.508 e. The molecule has 0 aromatic heterocycles. The van der Waals surface area contributed by atoms with Crippen LogP contribution in [0, 0.1) is 17.8 Å². The molecule has 152 valence electrons. The standard InChI is InChI=1S/C26H36O2/c1-18(2)17-19(3)26(4,23-11-15-25(28)16-12-23)22-9-5-20(6-10-22)21-7-13-24(27)14-8-21/h7-8,11-16,18-20,22,27-28H,5-6,9-10,17H2,1-4H3. The summed E-state index contributed by atoms with van der Waals surface area (Å²) in [7, 11) is 0. The van der Waals surface area contributed by atoms with Crippen LogP contribution in [0.4, 0.5) is 0 Å². The Bertz CT molecular complexity index is 739. The second-order valence-corrected chi connectivity index (χ2v) is 9.50. The lowest BCUT2D eigenvalue weighted by molar-refractivity contribution is 0.132. The molecule has 1 aliphatic carbocycles. The van der Waals surface area contributed by atoms with Crippen molar-refractivity contribution >= 4 is 0 Å². The van der Waals surface area contributed by atoms with E-state index in [2.05, 4.69) is 52.0 Å². The van der Waals surface area contributed by atoms with Gasteiger partial charge in [0, 0.05) is 0 Å². The van der Waals surface area contributed by atoms with E-state index in [1.54, 1.807) is 0 Å². The first kappa shape index (κ1) is 20.8. The zero-order chi connectivity index (χ0) is 20.3. The molecular weight excluding hydrogens is 344 g/mol. The molecule has 2 unspecified atom stereocenters. The summed E-state index contributed by atoms with van der Waals surface area (Å²) in [5.41, 5.74) is 2.85. The highest BCUT2D eigenvalue weighted by Gasteiger charge is 2.42. The lowest BCUT2D eigenvalue weighted by atomic mass is 9.58. The Morgan fingerprint density at radius 1 is 0.821 bits per heavy atom. The van der Waals surface area contributed by atoms with E-state index in [0.717, 1.165) is 0 Å². The molecule has 0 spiro atoms. The second-order valence-electron chi connectivity index (χ2n) is 9.50. The highest BCUT2D eigenvalue weighted by molar-refractivity contribution is 5.33. The molecule has 2 aromatic carbocycles. The Balaban J connectivity index is 1.81. The van der Waals surface area contributed by atoms with Gasteiger partial charge >= 0.3 is 0 Å². The van der Waals surface area contributed by atoms with Crippen molar-refractivity contribution in [1.29, 1.82) is 0 Å². The van der Waals surface area contributed by atoms with Crippen molar-refractivity contribution in [2.45, 2.75) is 71.1 Å². The number of hydrogen-bond acceptors (Lipinski definition) is 2. The van der Waals surface area contributed by atoms with Crippen LogP contribution >= 0.6 is 0 Å². The molecule has 28 heavy (non-hydrogen) atoms. The number of benzene rings is 2. The molecule has 0 aliphatic heterocycles. The van der Waals surface area contributed by atoms with E-state index in [-0.39, 0.29) is 5.41 Å². The van der Waals surface area contributed by atoms with Gasteiger partial charge in [0.05, 0.1) is 0 Å². The first-order valence-corrected chi connectivity index (χ1v) is 10.9. The number of hydrogen-bond donors (Lipinski definition) is 2. The quantitative estimate of drug-likeness (QED) is 0.566. The van der Waals surface area contributed by atoms with Crippen LogP contribution in [0.15, 0.2) is 48.5 Å². The van der Waals surface area contributed by atoms with Gasteiger partial charge in [-0.3, -0.25) is 0 Å². The van der Waals surface area contributed by atoms with Crippen molar-refractivity contribution in [3.63, 3.8) is 0 Å². The van der Waals surface area contributed by atoms with Crippen molar-refractivity contribution < 1.29 is 10.2 Å². The Kier molecular flexibility index (Phi) is 6.37. The highest BCUT2D eigenvalue weighted by atomic mass is 16.3. The predicted octanol–water partition coefficient (Wildman–Crippen LogP) is 7.01. The summed E-state index contributed by atoms with van der Waals surface area (Å²) in [6, 6.07) is 15.8. The van der Waals surface area contributed by atoms with Crippen LogP contribution in [0.25, 0.3) is 0 Å². The van der Waals surface area contributed by atoms with Gasteiger partial charge in [-0.05, 0) is 96.6 Å². The Labute approximate surface area is 170 Å². The van der Waals surface area contributed by atoms with Gasteiger partial charge in [-0.1, -0.05) is 52.0 Å². The van der Waals surface area contributed by atoms with E-state index in [9.17, 15) is 10.2 Å². The SMILES string of the molecule is CC(C)CC(C)C(C)(c1ccc(O)cc1)C1CCC(c2ccc(O)cc2)CC1. The van der Waals surface area contributed by atoms with Crippen molar-refractivity contribution in [2.24, 2.45) is 17.8 Å². The van der Waals surface area contributed by atoms with E-state index in [1.165, 1.54) is 43.2 Å². The first-order valence-electron chi connectivity index (χ1n) is 10.9. The van der Waals surface area contributed by atoms with Crippen molar-refractivity contribution in [2.75, 3.05) is 0 Å². The van der Waals surface area contributed by atoms with Gasteiger partial charge in [0.25, 0.3) is 0 Å². The number of rotatable bonds is 6. The molecule has 0 radical (unpaired) electrons. The zero-order valence-corrected chi connectivity index (χ0v) is 17.9. The topological polar surface area (TPSA) is 40.5 Å². The normalized spacial score (nSPS) is 23.3. The lowest BCUT2D eigenvalue weighted by Crippen LogP contribution is -2.41. The average molecular weight is 381 g/mol. The van der Waals surface area contributed by atoms with Crippen molar-refractivity contribution in [1.82, 2.24) is 0 Å². The fourth-order valence-electron chi connectivity index (χ4n) is 5.47. The molecule has 3 rings (SSSR count). The van der Waals surface area contributed by atoms with E-state index in [0.29, 0.717) is 35.2 Å². The third-order valence-corrected chi connectivity index (χ3v) is 7.28. The maximum absolute atomic E-state index is 9.78. The summed E-state index contributed by atoms with van der Waals surface area (Å²) in [4.78, 5) is 0. The van der Waals surface area contributed by atoms with Crippen LogP contribution in [0.5, 0.6) is 11.5 Å². The maximum atomic E-state index is 9.78. The smallest absolute Gasteiger partial charge is 0.115 e. The minimum absolute atomic E-state index is 0.123. The van der Waals surface area contributed by atoms with Gasteiger partial charge in [-0.25, -0.2) is 0 Å². The van der Waals surface area contributed by atoms with Gasteiger partial charge in [0.15, 0.2) is 0 Å². The third kappa shape index (κ3) is 4.37. The van der Waals surface area contributed by atoms with Crippen LogP contribution in [0.2, 0.25) is 0 Å². The fourth-order valence-corrected chi connectivity index (χ4v) is 5.47. The second kappa shape index (κ2) is 8.59. The highest BCUT2D eigenvalue weighted by Crippen LogP contribution is 2.50. The molecule has 0 saturated heterocycles. The third-order valence-electron chi connectivity index (χ3n) is 7.28. The molecule has 2 aromatic rings. The first-order chi connectivity index (χ1) is 13.3. The molecular formula is C26H36O2. The molecule has 2 heteroatoms. The minimum atomic E-state index is 0.123. The van der Waals surface area contributed by atoms with Gasteiger partial charge in [-0.2, -0.15) is 0 Å². The molecule has 2 nitrogen and oxygen atoms in total. The van der Waals surface area contributed by atoms with Gasteiger partial charge < -0.3 is 10.2 Å². The summed E-state index contributed by atoms with van der Waals surface area (Å²) in [6.07, 6.45) is 6.08. The monoisotopic (exact) mass is 380 g/mol. The lowest BCUT2D eigenvalue weighted by Gasteiger charge is -2.47. The van der Waals surface area contributed by atoms with Gasteiger partial charge in [0.1, 0.15) is 11.5 Å². The number of phenols is 2. The van der Waals surface area contributed by atoms with Crippen LogP contribution in [0.1, 0.15) is 76.8 Å². The summed E-state index contributed by atoms with van der Waals surface area (Å²) in [6.45, 7) is 9.50. The summed E-state index contributed by atoms with van der Waals surface area (Å²) in [5, 5.41) is 19.3.